The molecular weight excluding hydrogens is 396 g/mol. The molecule has 1 aliphatic heterocycles. The number of amides is 1. The number of hydrogen-bond acceptors (Lipinski definition) is 2. The molecule has 0 aliphatic carbocycles. The van der Waals surface area contributed by atoms with Gasteiger partial charge in [-0.05, 0) is 54.8 Å². The maximum absolute atomic E-state index is 13.4. The number of rotatable bonds is 3. The Balaban J connectivity index is 1.56. The van der Waals surface area contributed by atoms with Crippen molar-refractivity contribution in [3.05, 3.63) is 93.6 Å². The Morgan fingerprint density at radius 1 is 0.900 bits per heavy atom. The van der Waals surface area contributed by atoms with Gasteiger partial charge in [-0.1, -0.05) is 48.0 Å². The molecule has 0 saturated carbocycles. The van der Waals surface area contributed by atoms with Crippen molar-refractivity contribution >= 4 is 39.3 Å². The first-order valence-electron chi connectivity index (χ1n) is 10.2. The smallest absolute Gasteiger partial charge is 0.243 e. The average Bonchev–Trinajstić information content (AvgIpc) is 3.27. The second-order valence-electron chi connectivity index (χ2n) is 7.75. The number of benzene rings is 3. The number of carbonyl (C=O) groups excluding carboxylic acids is 1. The minimum Gasteiger partial charge on any atom is -0.334 e. The summed E-state index contributed by atoms with van der Waals surface area (Å²) in [5.74, 6) is 0.0615. The number of hydrogen-bond donors (Lipinski definition) is 0. The van der Waals surface area contributed by atoms with Crippen LogP contribution < -0.4 is 5.43 Å². The molecule has 4 aromatic rings. The van der Waals surface area contributed by atoms with Crippen LogP contribution in [0, 0.1) is 0 Å². The van der Waals surface area contributed by atoms with Crippen molar-refractivity contribution in [3.63, 3.8) is 0 Å². The van der Waals surface area contributed by atoms with Crippen LogP contribution in [0.15, 0.2) is 77.6 Å². The van der Waals surface area contributed by atoms with E-state index in [0.717, 1.165) is 36.0 Å². The number of likely N-dealkylation sites (tertiary alicyclic amines) is 1. The van der Waals surface area contributed by atoms with Crippen LogP contribution in [-0.2, 0) is 11.3 Å². The first-order chi connectivity index (χ1) is 14.6. The van der Waals surface area contributed by atoms with Crippen LogP contribution in [0.4, 0.5) is 0 Å². The Morgan fingerprint density at radius 2 is 1.50 bits per heavy atom. The highest BCUT2D eigenvalue weighted by molar-refractivity contribution is 6.30. The molecule has 0 N–H and O–H groups in total. The minimum absolute atomic E-state index is 0.00473. The third kappa shape index (κ3) is 3.17. The van der Waals surface area contributed by atoms with Gasteiger partial charge in [-0.3, -0.25) is 9.59 Å². The molecule has 1 amide bonds. The first kappa shape index (κ1) is 18.9. The van der Waals surface area contributed by atoms with E-state index in [-0.39, 0.29) is 23.9 Å². The monoisotopic (exact) mass is 416 g/mol. The molecule has 5 rings (SSSR count). The molecule has 1 unspecified atom stereocenters. The van der Waals surface area contributed by atoms with Gasteiger partial charge in [-0.15, -0.1) is 0 Å². The number of halogens is 1. The second kappa shape index (κ2) is 7.62. The van der Waals surface area contributed by atoms with Crippen LogP contribution in [0.5, 0.6) is 0 Å². The number of aromatic nitrogens is 1. The predicted molar refractivity (Wildman–Crippen MR) is 121 cm³/mol. The van der Waals surface area contributed by atoms with Gasteiger partial charge in [0.1, 0.15) is 6.54 Å². The summed E-state index contributed by atoms with van der Waals surface area (Å²) in [6.45, 7) is 0.938. The highest BCUT2D eigenvalue weighted by atomic mass is 35.5. The second-order valence-corrected chi connectivity index (χ2v) is 8.18. The van der Waals surface area contributed by atoms with E-state index in [1.54, 1.807) is 0 Å². The Hall–Kier alpha value is -3.11. The van der Waals surface area contributed by atoms with Crippen molar-refractivity contribution in [2.75, 3.05) is 6.54 Å². The van der Waals surface area contributed by atoms with Crippen molar-refractivity contribution in [1.82, 2.24) is 9.47 Å². The summed E-state index contributed by atoms with van der Waals surface area (Å²) in [7, 11) is 0. The van der Waals surface area contributed by atoms with Gasteiger partial charge in [-0.25, -0.2) is 0 Å². The Morgan fingerprint density at radius 3 is 2.13 bits per heavy atom. The topological polar surface area (TPSA) is 42.3 Å². The van der Waals surface area contributed by atoms with Crippen LogP contribution in [0.2, 0.25) is 5.02 Å². The predicted octanol–water partition coefficient (Wildman–Crippen LogP) is 5.17. The van der Waals surface area contributed by atoms with E-state index in [1.165, 1.54) is 0 Å². The minimum atomic E-state index is 0.00473. The molecular formula is C25H21ClN2O2. The van der Waals surface area contributed by atoms with Crippen molar-refractivity contribution in [2.45, 2.75) is 25.4 Å². The number of pyridine rings is 1. The van der Waals surface area contributed by atoms with Gasteiger partial charge in [0.25, 0.3) is 0 Å². The van der Waals surface area contributed by atoms with Crippen molar-refractivity contribution < 1.29 is 4.79 Å². The summed E-state index contributed by atoms with van der Waals surface area (Å²) in [4.78, 5) is 28.3. The van der Waals surface area contributed by atoms with Crippen LogP contribution in [0.1, 0.15) is 24.4 Å². The maximum atomic E-state index is 13.4. The van der Waals surface area contributed by atoms with Gasteiger partial charge in [0.2, 0.25) is 5.91 Å². The molecule has 1 atom stereocenters. The molecule has 5 heteroatoms. The summed E-state index contributed by atoms with van der Waals surface area (Å²) in [5.41, 5.74) is 2.69. The Kier molecular flexibility index (Phi) is 4.80. The standard InChI is InChI=1S/C25H21ClN2O2/c26-18-13-11-17(12-14-18)21-10-5-15-27(21)24(29)16-28-22-8-3-1-6-19(22)25(30)20-7-2-4-9-23(20)28/h1-4,6-9,11-14,21H,5,10,15-16H2. The largest absolute Gasteiger partial charge is 0.334 e. The fourth-order valence-electron chi connectivity index (χ4n) is 4.57. The van der Waals surface area contributed by atoms with E-state index in [4.69, 9.17) is 11.6 Å². The zero-order valence-corrected chi connectivity index (χ0v) is 17.2. The molecule has 4 nitrogen and oxygen atoms in total. The molecule has 0 spiro atoms. The summed E-state index contributed by atoms with van der Waals surface area (Å²) >= 11 is 6.04. The molecule has 1 fully saturated rings. The SMILES string of the molecule is O=C(Cn1c2ccccc2c(=O)c2ccccc21)N1CCCC1c1ccc(Cl)cc1. The molecule has 1 aliphatic rings. The fraction of sp³-hybridized carbons (Fsp3) is 0.200. The van der Waals surface area contributed by atoms with Crippen LogP contribution in [0.25, 0.3) is 21.8 Å². The molecule has 30 heavy (non-hydrogen) atoms. The van der Waals surface area contributed by atoms with E-state index >= 15 is 0 Å². The number of fused-ring (bicyclic) bond motifs is 2. The highest BCUT2D eigenvalue weighted by Crippen LogP contribution is 2.33. The third-order valence-electron chi connectivity index (χ3n) is 6.00. The lowest BCUT2D eigenvalue weighted by Crippen LogP contribution is -2.34. The molecule has 0 radical (unpaired) electrons. The summed E-state index contributed by atoms with van der Waals surface area (Å²) in [6.07, 6.45) is 1.92. The molecule has 3 aromatic carbocycles. The van der Waals surface area contributed by atoms with Crippen molar-refractivity contribution in [1.29, 1.82) is 0 Å². The van der Waals surface area contributed by atoms with Gasteiger partial charge >= 0.3 is 0 Å². The molecule has 150 valence electrons. The molecule has 0 bridgehead atoms. The average molecular weight is 417 g/mol. The zero-order valence-electron chi connectivity index (χ0n) is 16.4. The van der Waals surface area contributed by atoms with E-state index in [0.29, 0.717) is 15.8 Å². The number of para-hydroxylation sites is 2. The van der Waals surface area contributed by atoms with Gasteiger partial charge in [0, 0.05) is 22.3 Å². The first-order valence-corrected chi connectivity index (χ1v) is 10.6. The Labute approximate surface area is 179 Å². The third-order valence-corrected chi connectivity index (χ3v) is 6.25. The molecule has 1 saturated heterocycles. The lowest BCUT2D eigenvalue weighted by atomic mass is 10.0. The van der Waals surface area contributed by atoms with Crippen LogP contribution in [0.3, 0.4) is 0 Å². The lowest BCUT2D eigenvalue weighted by molar-refractivity contribution is -0.132. The summed E-state index contributed by atoms with van der Waals surface area (Å²) in [5, 5.41) is 1.97. The summed E-state index contributed by atoms with van der Waals surface area (Å²) < 4.78 is 1.98. The van der Waals surface area contributed by atoms with Crippen LogP contribution in [-0.4, -0.2) is 21.9 Å². The lowest BCUT2D eigenvalue weighted by Gasteiger charge is -2.26. The van der Waals surface area contributed by atoms with E-state index in [1.807, 2.05) is 82.3 Å². The van der Waals surface area contributed by atoms with Gasteiger partial charge in [0.15, 0.2) is 5.43 Å². The van der Waals surface area contributed by atoms with Crippen molar-refractivity contribution in [3.8, 4) is 0 Å². The normalized spacial score (nSPS) is 16.4. The molecule has 2 heterocycles. The quantitative estimate of drug-likeness (QED) is 0.432. The van der Waals surface area contributed by atoms with Gasteiger partial charge in [0.05, 0.1) is 17.1 Å². The van der Waals surface area contributed by atoms with E-state index in [2.05, 4.69) is 0 Å². The fourth-order valence-corrected chi connectivity index (χ4v) is 4.70. The van der Waals surface area contributed by atoms with Crippen LogP contribution >= 0.6 is 11.6 Å². The van der Waals surface area contributed by atoms with Gasteiger partial charge < -0.3 is 9.47 Å². The molecule has 1 aromatic heterocycles. The number of nitrogens with zero attached hydrogens (tertiary/aromatic N) is 2. The summed E-state index contributed by atoms with van der Waals surface area (Å²) in [6, 6.07) is 22.8. The van der Waals surface area contributed by atoms with E-state index in [9.17, 15) is 9.59 Å². The van der Waals surface area contributed by atoms with Crippen molar-refractivity contribution in [2.24, 2.45) is 0 Å². The van der Waals surface area contributed by atoms with Gasteiger partial charge in [-0.2, -0.15) is 0 Å². The maximum Gasteiger partial charge on any atom is 0.243 e. The Bertz CT molecular complexity index is 1250. The van der Waals surface area contributed by atoms with E-state index < -0.39 is 0 Å². The number of carbonyl (C=O) groups is 1. The highest BCUT2D eigenvalue weighted by Gasteiger charge is 2.30. The zero-order chi connectivity index (χ0) is 20.7.